The number of rotatable bonds is 8. The van der Waals surface area contributed by atoms with Crippen molar-refractivity contribution in [3.8, 4) is 0 Å². The van der Waals surface area contributed by atoms with Crippen LogP contribution in [0.5, 0.6) is 0 Å². The minimum Gasteiger partial charge on any atom is -0.480 e. The highest BCUT2D eigenvalue weighted by Crippen LogP contribution is 2.23. The second kappa shape index (κ2) is 8.98. The summed E-state index contributed by atoms with van der Waals surface area (Å²) in [7, 11) is 0. The highest BCUT2D eigenvalue weighted by Gasteiger charge is 2.18. The predicted molar refractivity (Wildman–Crippen MR) is 98.8 cm³/mol. The minimum absolute atomic E-state index is 0.119. The zero-order valence-electron chi connectivity index (χ0n) is 15.5. The molecular formula is C19H23N3O5. The molecule has 1 atom stereocenters. The predicted octanol–water partition coefficient (Wildman–Crippen LogP) is 3.03. The van der Waals surface area contributed by atoms with Gasteiger partial charge in [0.1, 0.15) is 6.04 Å². The van der Waals surface area contributed by atoms with Crippen molar-refractivity contribution in [3.05, 3.63) is 47.3 Å². The molecule has 8 heteroatoms. The number of carboxylic acid groups (broad SMARTS) is 1. The monoisotopic (exact) mass is 373 g/mol. The van der Waals surface area contributed by atoms with E-state index in [1.807, 2.05) is 0 Å². The van der Waals surface area contributed by atoms with Gasteiger partial charge >= 0.3 is 5.97 Å². The summed E-state index contributed by atoms with van der Waals surface area (Å²) in [6, 6.07) is 6.74. The number of hydrogen-bond donors (Lipinski definition) is 3. The van der Waals surface area contributed by atoms with E-state index < -0.39 is 23.8 Å². The van der Waals surface area contributed by atoms with E-state index in [2.05, 4.69) is 29.6 Å². The number of nitrogens with zero attached hydrogens (tertiary/aromatic N) is 1. The second-order valence-corrected chi connectivity index (χ2v) is 6.19. The van der Waals surface area contributed by atoms with Gasteiger partial charge in [-0.1, -0.05) is 19.0 Å². The van der Waals surface area contributed by atoms with Crippen molar-refractivity contribution in [3.63, 3.8) is 0 Å². The van der Waals surface area contributed by atoms with E-state index in [0.29, 0.717) is 5.69 Å². The summed E-state index contributed by atoms with van der Waals surface area (Å²) in [5.41, 5.74) is 1.52. The van der Waals surface area contributed by atoms with Crippen LogP contribution in [0.2, 0.25) is 0 Å². The molecule has 1 aromatic heterocycles. The van der Waals surface area contributed by atoms with E-state index in [4.69, 9.17) is 9.63 Å². The van der Waals surface area contributed by atoms with Crippen LogP contribution in [0.25, 0.3) is 0 Å². The Labute approximate surface area is 156 Å². The van der Waals surface area contributed by atoms with E-state index in [9.17, 15) is 14.4 Å². The van der Waals surface area contributed by atoms with E-state index in [-0.39, 0.29) is 17.2 Å². The summed E-state index contributed by atoms with van der Waals surface area (Å²) in [5.74, 6) is -1.69. The third kappa shape index (κ3) is 5.16. The Morgan fingerprint density at radius 1 is 1.11 bits per heavy atom. The normalized spacial score (nSPS) is 11.9. The lowest BCUT2D eigenvalue weighted by atomic mass is 9.99. The summed E-state index contributed by atoms with van der Waals surface area (Å²) >= 11 is 0. The van der Waals surface area contributed by atoms with Crippen LogP contribution in [-0.2, 0) is 4.79 Å². The molecule has 0 bridgehead atoms. The summed E-state index contributed by atoms with van der Waals surface area (Å²) < 4.78 is 5.13. The van der Waals surface area contributed by atoms with E-state index in [0.717, 1.165) is 18.5 Å². The Kier molecular flexibility index (Phi) is 6.70. The molecule has 0 saturated carbocycles. The van der Waals surface area contributed by atoms with Gasteiger partial charge in [-0.2, -0.15) is 0 Å². The Morgan fingerprint density at radius 2 is 1.74 bits per heavy atom. The smallest absolute Gasteiger partial charge is 0.325 e. The second-order valence-electron chi connectivity index (χ2n) is 6.19. The summed E-state index contributed by atoms with van der Waals surface area (Å²) in [4.78, 5) is 35.0. The number of aromatic nitrogens is 1. The van der Waals surface area contributed by atoms with Crippen molar-refractivity contribution in [2.45, 2.75) is 45.6 Å². The van der Waals surface area contributed by atoms with Crippen LogP contribution >= 0.6 is 0 Å². The quantitative estimate of drug-likeness (QED) is 0.654. The van der Waals surface area contributed by atoms with Crippen molar-refractivity contribution in [1.29, 1.82) is 0 Å². The van der Waals surface area contributed by atoms with E-state index >= 15 is 0 Å². The molecule has 1 heterocycles. The lowest BCUT2D eigenvalue weighted by molar-refractivity contribution is -0.138. The third-order valence-electron chi connectivity index (χ3n) is 4.28. The van der Waals surface area contributed by atoms with Gasteiger partial charge in [0.05, 0.1) is 5.69 Å². The number of aliphatic carboxylic acids is 1. The molecule has 0 aliphatic heterocycles. The molecule has 3 N–H and O–H groups in total. The number of anilines is 1. The summed E-state index contributed by atoms with van der Waals surface area (Å²) in [5, 5.41) is 17.8. The Morgan fingerprint density at radius 3 is 2.30 bits per heavy atom. The maximum atomic E-state index is 12.3. The van der Waals surface area contributed by atoms with Gasteiger partial charge in [0, 0.05) is 23.2 Å². The molecule has 0 fully saturated rings. The first-order valence-corrected chi connectivity index (χ1v) is 8.77. The van der Waals surface area contributed by atoms with Gasteiger partial charge in [-0.15, -0.1) is 0 Å². The molecule has 1 aromatic carbocycles. The SMILES string of the molecule is CCC(CC)c1cc(C(=O)Nc2ccc(C(=O)NC(C)C(=O)O)cc2)on1. The van der Waals surface area contributed by atoms with Crippen LogP contribution in [-0.4, -0.2) is 34.1 Å². The summed E-state index contributed by atoms with van der Waals surface area (Å²) in [6.07, 6.45) is 1.82. The molecule has 8 nitrogen and oxygen atoms in total. The fraction of sp³-hybridized carbons (Fsp3) is 0.368. The van der Waals surface area contributed by atoms with Gasteiger partial charge in [0.15, 0.2) is 0 Å². The molecular weight excluding hydrogens is 350 g/mol. The van der Waals surface area contributed by atoms with Crippen molar-refractivity contribution < 1.29 is 24.0 Å². The molecule has 0 spiro atoms. The molecule has 2 aromatic rings. The average Bonchev–Trinajstić information content (AvgIpc) is 3.13. The number of nitrogens with one attached hydrogen (secondary N) is 2. The Balaban J connectivity index is 2.01. The number of benzene rings is 1. The Hall–Kier alpha value is -3.16. The zero-order valence-corrected chi connectivity index (χ0v) is 15.5. The lowest BCUT2D eigenvalue weighted by Crippen LogP contribution is -2.38. The molecule has 144 valence electrons. The average molecular weight is 373 g/mol. The topological polar surface area (TPSA) is 122 Å². The molecule has 0 aliphatic rings. The van der Waals surface area contributed by atoms with Gasteiger partial charge in [0.25, 0.3) is 11.8 Å². The van der Waals surface area contributed by atoms with Crippen molar-refractivity contribution >= 4 is 23.5 Å². The molecule has 0 radical (unpaired) electrons. The highest BCUT2D eigenvalue weighted by molar-refractivity contribution is 6.02. The van der Waals surface area contributed by atoms with Crippen molar-refractivity contribution in [2.24, 2.45) is 0 Å². The van der Waals surface area contributed by atoms with Crippen molar-refractivity contribution in [2.75, 3.05) is 5.32 Å². The van der Waals surface area contributed by atoms with Crippen LogP contribution < -0.4 is 10.6 Å². The number of carbonyl (C=O) groups is 3. The summed E-state index contributed by atoms with van der Waals surface area (Å²) in [6.45, 7) is 5.48. The van der Waals surface area contributed by atoms with Crippen LogP contribution in [0.4, 0.5) is 5.69 Å². The maximum absolute atomic E-state index is 12.3. The van der Waals surface area contributed by atoms with Crippen LogP contribution in [0, 0.1) is 0 Å². The van der Waals surface area contributed by atoms with Gasteiger partial charge in [-0.25, -0.2) is 0 Å². The first-order valence-electron chi connectivity index (χ1n) is 8.77. The first kappa shape index (κ1) is 20.2. The molecule has 27 heavy (non-hydrogen) atoms. The van der Waals surface area contributed by atoms with Crippen LogP contribution in [0.15, 0.2) is 34.9 Å². The Bertz CT molecular complexity index is 809. The van der Waals surface area contributed by atoms with Crippen molar-refractivity contribution in [1.82, 2.24) is 10.5 Å². The number of amides is 2. The van der Waals surface area contributed by atoms with Gasteiger partial charge in [-0.05, 0) is 44.0 Å². The molecule has 2 amide bonds. The fourth-order valence-corrected chi connectivity index (χ4v) is 2.53. The zero-order chi connectivity index (χ0) is 20.0. The number of carbonyl (C=O) groups excluding carboxylic acids is 2. The number of hydrogen-bond acceptors (Lipinski definition) is 5. The van der Waals surface area contributed by atoms with E-state index in [1.165, 1.54) is 19.1 Å². The van der Waals surface area contributed by atoms with Gasteiger partial charge in [0.2, 0.25) is 5.76 Å². The lowest BCUT2D eigenvalue weighted by Gasteiger charge is -2.09. The van der Waals surface area contributed by atoms with Gasteiger partial charge < -0.3 is 20.3 Å². The molecule has 0 aliphatic carbocycles. The first-order chi connectivity index (χ1) is 12.8. The molecule has 0 saturated heterocycles. The molecule has 1 unspecified atom stereocenters. The standard InChI is InChI=1S/C19H23N3O5/c1-4-12(5-2)15-10-16(27-22-15)18(24)21-14-8-6-13(7-9-14)17(23)20-11(3)19(25)26/h6-12H,4-5H2,1-3H3,(H,20,23)(H,21,24)(H,25,26). The maximum Gasteiger partial charge on any atom is 0.325 e. The highest BCUT2D eigenvalue weighted by atomic mass is 16.5. The third-order valence-corrected chi connectivity index (χ3v) is 4.28. The van der Waals surface area contributed by atoms with Crippen LogP contribution in [0.3, 0.4) is 0 Å². The molecule has 2 rings (SSSR count). The van der Waals surface area contributed by atoms with E-state index in [1.54, 1.807) is 18.2 Å². The van der Waals surface area contributed by atoms with Gasteiger partial charge in [-0.3, -0.25) is 14.4 Å². The van der Waals surface area contributed by atoms with Crippen LogP contribution in [0.1, 0.15) is 66.1 Å². The minimum atomic E-state index is -1.12. The fourth-order valence-electron chi connectivity index (χ4n) is 2.53. The number of carboxylic acids is 1. The largest absolute Gasteiger partial charge is 0.480 e.